The second kappa shape index (κ2) is 5.94. The summed E-state index contributed by atoms with van der Waals surface area (Å²) in [4.78, 5) is 0. The van der Waals surface area contributed by atoms with Crippen LogP contribution in [0.2, 0.25) is 0 Å². The monoisotopic (exact) mass is 281 g/mol. The molecule has 1 saturated heterocycles. The lowest BCUT2D eigenvalue weighted by atomic mass is 9.66. The molecule has 2 aliphatic carbocycles. The first-order valence-electron chi connectivity index (χ1n) is 8.66. The molecule has 0 radical (unpaired) electrons. The van der Waals surface area contributed by atoms with Crippen molar-refractivity contribution >= 4 is 0 Å². The zero-order valence-corrected chi connectivity index (χ0v) is 13.2. The van der Waals surface area contributed by atoms with Gasteiger partial charge in [-0.05, 0) is 57.4 Å². The van der Waals surface area contributed by atoms with Gasteiger partial charge in [0.05, 0.1) is 11.2 Å². The molecule has 3 nitrogen and oxygen atoms in total. The summed E-state index contributed by atoms with van der Waals surface area (Å²) < 4.78 is 12.2. The first-order chi connectivity index (χ1) is 9.74. The van der Waals surface area contributed by atoms with Crippen LogP contribution in [0.15, 0.2) is 0 Å². The van der Waals surface area contributed by atoms with Crippen molar-refractivity contribution in [2.24, 2.45) is 5.92 Å². The predicted octanol–water partition coefficient (Wildman–Crippen LogP) is 3.27. The molecule has 0 amide bonds. The van der Waals surface area contributed by atoms with E-state index in [2.05, 4.69) is 12.2 Å². The maximum Gasteiger partial charge on any atom is 0.0833 e. The van der Waals surface area contributed by atoms with Crippen LogP contribution in [0, 0.1) is 5.92 Å². The molecule has 2 atom stereocenters. The molecule has 3 rings (SSSR count). The highest BCUT2D eigenvalue weighted by molar-refractivity contribution is 5.05. The molecule has 3 aliphatic rings. The van der Waals surface area contributed by atoms with E-state index >= 15 is 0 Å². The zero-order valence-electron chi connectivity index (χ0n) is 13.2. The van der Waals surface area contributed by atoms with Gasteiger partial charge in [0.25, 0.3) is 0 Å². The van der Waals surface area contributed by atoms with Crippen LogP contribution in [0.4, 0.5) is 0 Å². The molecule has 0 aromatic rings. The highest BCUT2D eigenvalue weighted by Crippen LogP contribution is 2.47. The third-order valence-corrected chi connectivity index (χ3v) is 6.11. The third kappa shape index (κ3) is 2.53. The van der Waals surface area contributed by atoms with Crippen molar-refractivity contribution in [1.82, 2.24) is 5.32 Å². The van der Waals surface area contributed by atoms with Crippen molar-refractivity contribution in [2.75, 3.05) is 20.3 Å². The number of nitrogens with one attached hydrogen (secondary N) is 1. The molecular formula is C17H31NO2. The van der Waals surface area contributed by atoms with E-state index in [0.717, 1.165) is 19.1 Å². The topological polar surface area (TPSA) is 30.5 Å². The summed E-state index contributed by atoms with van der Waals surface area (Å²) >= 11 is 0. The fourth-order valence-corrected chi connectivity index (χ4v) is 4.89. The molecule has 2 saturated carbocycles. The fraction of sp³-hybridized carbons (Fsp3) is 1.00. The molecule has 1 aliphatic heterocycles. The van der Waals surface area contributed by atoms with Crippen molar-refractivity contribution in [2.45, 2.75) is 82.0 Å². The van der Waals surface area contributed by atoms with Gasteiger partial charge >= 0.3 is 0 Å². The van der Waals surface area contributed by atoms with E-state index < -0.39 is 0 Å². The van der Waals surface area contributed by atoms with E-state index in [1.165, 1.54) is 57.8 Å². The molecule has 3 fully saturated rings. The van der Waals surface area contributed by atoms with Gasteiger partial charge in [0, 0.05) is 19.8 Å². The Morgan fingerprint density at radius 3 is 2.50 bits per heavy atom. The Hall–Kier alpha value is -0.120. The molecule has 3 heteroatoms. The number of hydrogen-bond donors (Lipinski definition) is 1. The van der Waals surface area contributed by atoms with E-state index in [1.807, 2.05) is 7.11 Å². The van der Waals surface area contributed by atoms with Gasteiger partial charge in [-0.2, -0.15) is 0 Å². The van der Waals surface area contributed by atoms with Crippen LogP contribution in [0.3, 0.4) is 0 Å². The molecule has 1 spiro atoms. The van der Waals surface area contributed by atoms with E-state index in [-0.39, 0.29) is 11.2 Å². The minimum Gasteiger partial charge on any atom is -0.377 e. The number of ether oxygens (including phenoxy) is 2. The van der Waals surface area contributed by atoms with Gasteiger partial charge < -0.3 is 14.8 Å². The first-order valence-corrected chi connectivity index (χ1v) is 8.66. The fourth-order valence-electron chi connectivity index (χ4n) is 4.89. The lowest BCUT2D eigenvalue weighted by Gasteiger charge is -2.52. The number of hydrogen-bond acceptors (Lipinski definition) is 3. The molecule has 20 heavy (non-hydrogen) atoms. The summed E-state index contributed by atoms with van der Waals surface area (Å²) in [6, 6.07) is 0.521. The van der Waals surface area contributed by atoms with Crippen molar-refractivity contribution in [3.8, 4) is 0 Å². The van der Waals surface area contributed by atoms with Crippen molar-refractivity contribution in [1.29, 1.82) is 0 Å². The average Bonchev–Trinajstić information content (AvgIpc) is 2.85. The maximum absolute atomic E-state index is 6.21. The van der Waals surface area contributed by atoms with E-state index in [4.69, 9.17) is 9.47 Å². The number of likely N-dealkylation sites (N-methyl/N-ethyl adjacent to an activating group) is 1. The van der Waals surface area contributed by atoms with Crippen LogP contribution in [0.25, 0.3) is 0 Å². The van der Waals surface area contributed by atoms with Crippen LogP contribution >= 0.6 is 0 Å². The van der Waals surface area contributed by atoms with E-state index in [1.54, 1.807) is 0 Å². The highest BCUT2D eigenvalue weighted by atomic mass is 16.5. The summed E-state index contributed by atoms with van der Waals surface area (Å²) in [7, 11) is 1.91. The Balaban J connectivity index is 1.73. The van der Waals surface area contributed by atoms with Gasteiger partial charge in [0.15, 0.2) is 0 Å². The Labute approximate surface area is 123 Å². The van der Waals surface area contributed by atoms with Gasteiger partial charge in [-0.1, -0.05) is 19.8 Å². The first kappa shape index (κ1) is 14.8. The van der Waals surface area contributed by atoms with Gasteiger partial charge in [-0.15, -0.1) is 0 Å². The molecule has 0 aromatic carbocycles. The van der Waals surface area contributed by atoms with E-state index in [0.29, 0.717) is 6.04 Å². The minimum absolute atomic E-state index is 0.109. The van der Waals surface area contributed by atoms with E-state index in [9.17, 15) is 0 Å². The Bertz CT molecular complexity index is 315. The van der Waals surface area contributed by atoms with Crippen LogP contribution in [0.1, 0.15) is 64.7 Å². The van der Waals surface area contributed by atoms with Gasteiger partial charge in [-0.25, -0.2) is 0 Å². The maximum atomic E-state index is 6.21. The SMILES string of the molecule is CCNC(C1CCOC2(CCCC2)C1)C1(OC)CCC1. The molecule has 2 unspecified atom stereocenters. The summed E-state index contributed by atoms with van der Waals surface area (Å²) in [5, 5.41) is 3.77. The van der Waals surface area contributed by atoms with Gasteiger partial charge in [0.2, 0.25) is 0 Å². The summed E-state index contributed by atoms with van der Waals surface area (Å²) in [6.07, 6.45) is 11.5. The van der Waals surface area contributed by atoms with Gasteiger partial charge in [-0.3, -0.25) is 0 Å². The number of methoxy groups -OCH3 is 1. The quantitative estimate of drug-likeness (QED) is 0.839. The van der Waals surface area contributed by atoms with Crippen molar-refractivity contribution in [3.63, 3.8) is 0 Å². The second-order valence-corrected chi connectivity index (χ2v) is 7.15. The largest absolute Gasteiger partial charge is 0.377 e. The zero-order chi connectivity index (χ0) is 14.1. The van der Waals surface area contributed by atoms with Crippen LogP contribution in [-0.2, 0) is 9.47 Å². The summed E-state index contributed by atoms with van der Waals surface area (Å²) in [5.41, 5.74) is 0.326. The Kier molecular flexibility index (Phi) is 4.40. The minimum atomic E-state index is 0.109. The third-order valence-electron chi connectivity index (χ3n) is 6.11. The molecule has 1 heterocycles. The molecule has 116 valence electrons. The van der Waals surface area contributed by atoms with Crippen molar-refractivity contribution < 1.29 is 9.47 Å². The second-order valence-electron chi connectivity index (χ2n) is 7.15. The Morgan fingerprint density at radius 1 is 1.20 bits per heavy atom. The van der Waals surface area contributed by atoms with Crippen LogP contribution in [-0.4, -0.2) is 37.5 Å². The lowest BCUT2D eigenvalue weighted by Crippen LogP contribution is -2.61. The smallest absolute Gasteiger partial charge is 0.0833 e. The Morgan fingerprint density at radius 2 is 1.95 bits per heavy atom. The summed E-state index contributed by atoms with van der Waals surface area (Å²) in [5.74, 6) is 0.724. The number of rotatable bonds is 5. The lowest BCUT2D eigenvalue weighted by molar-refractivity contribution is -0.146. The van der Waals surface area contributed by atoms with Gasteiger partial charge in [0.1, 0.15) is 0 Å². The normalized spacial score (nSPS) is 33.0. The molecule has 0 bridgehead atoms. The standard InChI is InChI=1S/C17H31NO2/c1-3-18-15(17(19-2)10-6-11-17)14-7-12-20-16(13-14)8-4-5-9-16/h14-15,18H,3-13H2,1-2H3. The van der Waals surface area contributed by atoms with Crippen molar-refractivity contribution in [3.05, 3.63) is 0 Å². The highest BCUT2D eigenvalue weighted by Gasteiger charge is 2.50. The van der Waals surface area contributed by atoms with Crippen LogP contribution in [0.5, 0.6) is 0 Å². The molecular weight excluding hydrogens is 250 g/mol. The molecule has 1 N–H and O–H groups in total. The molecule has 0 aromatic heterocycles. The predicted molar refractivity (Wildman–Crippen MR) is 80.9 cm³/mol. The average molecular weight is 281 g/mol. The summed E-state index contributed by atoms with van der Waals surface area (Å²) in [6.45, 7) is 4.21. The van der Waals surface area contributed by atoms with Crippen LogP contribution < -0.4 is 5.32 Å².